The Morgan fingerprint density at radius 2 is 2.17 bits per heavy atom. The number of aromatic nitrogens is 2. The summed E-state index contributed by atoms with van der Waals surface area (Å²) in [4.78, 5) is 24.8. The molecule has 1 aliphatic rings. The summed E-state index contributed by atoms with van der Waals surface area (Å²) in [5.41, 5.74) is 0. The van der Waals surface area contributed by atoms with Crippen molar-refractivity contribution in [2.24, 2.45) is 5.92 Å². The molecule has 0 aromatic carbocycles. The average Bonchev–Trinajstić information content (AvgIpc) is 2.60. The number of methoxy groups -OCH3 is 1. The Hall–Kier alpha value is -1.85. The molecule has 1 aliphatic heterocycles. The highest BCUT2D eigenvalue weighted by Gasteiger charge is 2.23. The van der Waals surface area contributed by atoms with E-state index >= 15 is 0 Å². The van der Waals surface area contributed by atoms with Gasteiger partial charge in [0, 0.05) is 39.3 Å². The summed E-state index contributed by atoms with van der Waals surface area (Å²) in [5, 5.41) is 0. The number of carbonyl (C=O) groups excluding carboxylic acids is 1. The molecule has 23 heavy (non-hydrogen) atoms. The van der Waals surface area contributed by atoms with Crippen LogP contribution in [0.2, 0.25) is 0 Å². The fourth-order valence-corrected chi connectivity index (χ4v) is 2.90. The minimum absolute atomic E-state index is 0.278. The number of amides is 1. The molecule has 0 bridgehead atoms. The Balaban J connectivity index is 1.80. The number of hydrogen-bond acceptors (Lipinski definition) is 5. The first-order valence-corrected chi connectivity index (χ1v) is 8.50. The molecule has 0 atom stereocenters. The van der Waals surface area contributed by atoms with Crippen LogP contribution in [0.1, 0.15) is 39.0 Å². The van der Waals surface area contributed by atoms with Gasteiger partial charge in [0.2, 0.25) is 5.91 Å². The van der Waals surface area contributed by atoms with Crippen molar-refractivity contribution >= 4 is 11.7 Å². The molecule has 0 saturated carbocycles. The van der Waals surface area contributed by atoms with Gasteiger partial charge < -0.3 is 14.5 Å². The second-order valence-corrected chi connectivity index (χ2v) is 6.20. The minimum atomic E-state index is 0.278. The molecule has 0 unspecified atom stereocenters. The Kier molecular flexibility index (Phi) is 6.62. The van der Waals surface area contributed by atoms with Crippen LogP contribution in [0.25, 0.3) is 0 Å². The third kappa shape index (κ3) is 5.08. The van der Waals surface area contributed by atoms with Crippen molar-refractivity contribution in [3.63, 3.8) is 0 Å². The third-order valence-corrected chi connectivity index (χ3v) is 4.48. The van der Waals surface area contributed by atoms with Crippen LogP contribution in [-0.4, -0.2) is 54.6 Å². The van der Waals surface area contributed by atoms with Gasteiger partial charge in [-0.15, -0.1) is 0 Å². The quantitative estimate of drug-likeness (QED) is 0.772. The van der Waals surface area contributed by atoms with Gasteiger partial charge in [-0.05, 0) is 31.2 Å². The standard InChI is InChI=1S/C17H28N4O2/c1-4-5-10-20(2)16(22)13-14-7-11-21(12-8-14)15-6-9-18-17(19-15)23-3/h6,9,14H,4-5,7-8,10-13H2,1-3H3. The van der Waals surface area contributed by atoms with Gasteiger partial charge in [0.25, 0.3) is 0 Å². The molecule has 6 nitrogen and oxygen atoms in total. The molecule has 128 valence electrons. The monoisotopic (exact) mass is 320 g/mol. The van der Waals surface area contributed by atoms with E-state index in [1.165, 1.54) is 0 Å². The minimum Gasteiger partial charge on any atom is -0.467 e. The first-order chi connectivity index (χ1) is 11.1. The van der Waals surface area contributed by atoms with Gasteiger partial charge >= 0.3 is 6.01 Å². The number of anilines is 1. The maximum Gasteiger partial charge on any atom is 0.318 e. The number of carbonyl (C=O) groups is 1. The molecule has 0 spiro atoms. The Bertz CT molecular complexity index is 501. The molecule has 2 rings (SSSR count). The lowest BCUT2D eigenvalue weighted by atomic mass is 9.93. The molecule has 6 heteroatoms. The van der Waals surface area contributed by atoms with Crippen molar-refractivity contribution in [1.29, 1.82) is 0 Å². The van der Waals surface area contributed by atoms with Crippen molar-refractivity contribution in [3.8, 4) is 6.01 Å². The van der Waals surface area contributed by atoms with E-state index in [9.17, 15) is 4.79 Å². The number of rotatable bonds is 7. The topological polar surface area (TPSA) is 58.6 Å². The number of ether oxygens (including phenoxy) is 1. The molecule has 0 N–H and O–H groups in total. The number of hydrogen-bond donors (Lipinski definition) is 0. The van der Waals surface area contributed by atoms with Crippen molar-refractivity contribution in [1.82, 2.24) is 14.9 Å². The number of nitrogens with zero attached hydrogens (tertiary/aromatic N) is 4. The van der Waals surface area contributed by atoms with E-state index in [0.29, 0.717) is 18.3 Å². The number of piperidine rings is 1. The Morgan fingerprint density at radius 3 is 2.83 bits per heavy atom. The van der Waals surface area contributed by atoms with E-state index in [1.54, 1.807) is 13.3 Å². The summed E-state index contributed by atoms with van der Waals surface area (Å²) in [7, 11) is 3.49. The summed E-state index contributed by atoms with van der Waals surface area (Å²) in [6.45, 7) is 4.87. The third-order valence-electron chi connectivity index (χ3n) is 4.48. The molecule has 1 saturated heterocycles. The zero-order chi connectivity index (χ0) is 16.7. The van der Waals surface area contributed by atoms with E-state index in [1.807, 2.05) is 18.0 Å². The largest absolute Gasteiger partial charge is 0.467 e. The molecule has 1 fully saturated rings. The van der Waals surface area contributed by atoms with E-state index in [0.717, 1.165) is 51.1 Å². The zero-order valence-electron chi connectivity index (χ0n) is 14.5. The molecular formula is C17H28N4O2. The smallest absolute Gasteiger partial charge is 0.318 e. The van der Waals surface area contributed by atoms with Gasteiger partial charge in [0.15, 0.2) is 0 Å². The van der Waals surface area contributed by atoms with Gasteiger partial charge in [-0.25, -0.2) is 4.98 Å². The van der Waals surface area contributed by atoms with Crippen molar-refractivity contribution < 1.29 is 9.53 Å². The molecule has 2 heterocycles. The van der Waals surface area contributed by atoms with Crippen LogP contribution in [0.4, 0.5) is 5.82 Å². The van der Waals surface area contributed by atoms with Crippen LogP contribution in [0.3, 0.4) is 0 Å². The van der Waals surface area contributed by atoms with Gasteiger partial charge in [0.1, 0.15) is 5.82 Å². The Labute approximate surface area is 138 Å². The second-order valence-electron chi connectivity index (χ2n) is 6.20. The first kappa shape index (κ1) is 17.5. The van der Waals surface area contributed by atoms with Crippen LogP contribution >= 0.6 is 0 Å². The SMILES string of the molecule is CCCCN(C)C(=O)CC1CCN(c2ccnc(OC)n2)CC1. The predicted molar refractivity (Wildman–Crippen MR) is 90.7 cm³/mol. The molecule has 1 amide bonds. The maximum atomic E-state index is 12.2. The summed E-state index contributed by atoms with van der Waals surface area (Å²) in [6.07, 6.45) is 6.65. The summed E-state index contributed by atoms with van der Waals surface area (Å²) >= 11 is 0. The predicted octanol–water partition coefficient (Wildman–Crippen LogP) is 2.35. The number of unbranched alkanes of at least 4 members (excludes halogenated alkanes) is 1. The van der Waals surface area contributed by atoms with Crippen LogP contribution < -0.4 is 9.64 Å². The lowest BCUT2D eigenvalue weighted by molar-refractivity contribution is -0.131. The highest BCUT2D eigenvalue weighted by Crippen LogP contribution is 2.25. The van der Waals surface area contributed by atoms with Gasteiger partial charge in [-0.2, -0.15) is 4.98 Å². The summed E-state index contributed by atoms with van der Waals surface area (Å²) < 4.78 is 5.08. The van der Waals surface area contributed by atoms with Gasteiger partial charge in [0.05, 0.1) is 7.11 Å². The van der Waals surface area contributed by atoms with Crippen LogP contribution in [0, 0.1) is 5.92 Å². The summed E-state index contributed by atoms with van der Waals surface area (Å²) in [5.74, 6) is 1.66. The zero-order valence-corrected chi connectivity index (χ0v) is 14.5. The van der Waals surface area contributed by atoms with Gasteiger partial charge in [-0.3, -0.25) is 4.79 Å². The van der Waals surface area contributed by atoms with E-state index in [4.69, 9.17) is 4.74 Å². The Morgan fingerprint density at radius 1 is 1.43 bits per heavy atom. The lowest BCUT2D eigenvalue weighted by Crippen LogP contribution is -2.37. The van der Waals surface area contributed by atoms with E-state index in [2.05, 4.69) is 21.8 Å². The van der Waals surface area contributed by atoms with Crippen molar-refractivity contribution in [2.75, 3.05) is 38.7 Å². The molecule has 0 aliphatic carbocycles. The first-order valence-electron chi connectivity index (χ1n) is 8.50. The molecule has 0 radical (unpaired) electrons. The maximum absolute atomic E-state index is 12.2. The van der Waals surface area contributed by atoms with Crippen LogP contribution in [0.5, 0.6) is 6.01 Å². The normalized spacial score (nSPS) is 15.5. The molecule has 1 aromatic heterocycles. The summed E-state index contributed by atoms with van der Waals surface area (Å²) in [6, 6.07) is 2.31. The fourth-order valence-electron chi connectivity index (χ4n) is 2.90. The van der Waals surface area contributed by atoms with Crippen LogP contribution in [0.15, 0.2) is 12.3 Å². The van der Waals surface area contributed by atoms with E-state index in [-0.39, 0.29) is 5.91 Å². The highest BCUT2D eigenvalue weighted by atomic mass is 16.5. The highest BCUT2D eigenvalue weighted by molar-refractivity contribution is 5.76. The van der Waals surface area contributed by atoms with E-state index < -0.39 is 0 Å². The molecule has 1 aromatic rings. The van der Waals surface area contributed by atoms with Crippen molar-refractivity contribution in [2.45, 2.75) is 39.0 Å². The van der Waals surface area contributed by atoms with Crippen molar-refractivity contribution in [3.05, 3.63) is 12.3 Å². The fraction of sp³-hybridized carbons (Fsp3) is 0.706. The van der Waals surface area contributed by atoms with Crippen LogP contribution in [-0.2, 0) is 4.79 Å². The lowest BCUT2D eigenvalue weighted by Gasteiger charge is -2.33. The van der Waals surface area contributed by atoms with Gasteiger partial charge in [-0.1, -0.05) is 13.3 Å². The second kappa shape index (κ2) is 8.70. The average molecular weight is 320 g/mol. The molecular weight excluding hydrogens is 292 g/mol.